The van der Waals surface area contributed by atoms with Crippen LogP contribution in [0.5, 0.6) is 0 Å². The molecule has 9 nitrogen and oxygen atoms in total. The van der Waals surface area contributed by atoms with E-state index >= 15 is 0 Å². The van der Waals surface area contributed by atoms with Gasteiger partial charge >= 0.3 is 0 Å². The molecule has 202 valence electrons. The Morgan fingerprint density at radius 3 is 2.63 bits per heavy atom. The van der Waals surface area contributed by atoms with Gasteiger partial charge in [-0.15, -0.1) is 0 Å². The minimum Gasteiger partial charge on any atom is -0.372 e. The monoisotopic (exact) mass is 540 g/mol. The number of aryl methyl sites for hydroxylation is 1. The fraction of sp³-hybridized carbons (Fsp3) is 0.429. The lowest BCUT2D eigenvalue weighted by atomic mass is 9.98. The van der Waals surface area contributed by atoms with Crippen LogP contribution in [0.25, 0.3) is 21.9 Å². The van der Waals surface area contributed by atoms with E-state index < -0.39 is 26.8 Å². The number of hydrogen-bond acceptors (Lipinski definition) is 7. The van der Waals surface area contributed by atoms with Gasteiger partial charge in [0.25, 0.3) is 11.5 Å². The molecule has 1 aromatic heterocycles. The van der Waals surface area contributed by atoms with Crippen LogP contribution in [0.2, 0.25) is 0 Å². The van der Waals surface area contributed by atoms with Crippen molar-refractivity contribution >= 4 is 26.5 Å². The maximum absolute atomic E-state index is 13.3. The Kier molecular flexibility index (Phi) is 7.41. The van der Waals surface area contributed by atoms with Crippen molar-refractivity contribution in [2.75, 3.05) is 12.9 Å². The van der Waals surface area contributed by atoms with Crippen molar-refractivity contribution in [2.45, 2.75) is 63.4 Å². The molecule has 3 aromatic rings. The predicted octanol–water partition coefficient (Wildman–Crippen LogP) is 3.47. The maximum atomic E-state index is 13.3. The average molecular weight is 541 g/mol. The molecule has 0 saturated carbocycles. The fourth-order valence-corrected chi connectivity index (χ4v) is 5.67. The van der Waals surface area contributed by atoms with Gasteiger partial charge in [0.2, 0.25) is 0 Å². The summed E-state index contributed by atoms with van der Waals surface area (Å²) < 4.78 is 35.9. The second-order valence-corrected chi connectivity index (χ2v) is 12.6. The quantitative estimate of drug-likeness (QED) is 0.436. The molecule has 38 heavy (non-hydrogen) atoms. The largest absolute Gasteiger partial charge is 0.372 e. The van der Waals surface area contributed by atoms with Crippen LogP contribution in [0.15, 0.2) is 53.5 Å². The Morgan fingerprint density at radius 1 is 1.11 bits per heavy atom. The van der Waals surface area contributed by atoms with E-state index in [1.54, 1.807) is 12.3 Å². The summed E-state index contributed by atoms with van der Waals surface area (Å²) in [6.07, 6.45) is 4.38. The third-order valence-corrected chi connectivity index (χ3v) is 9.61. The number of fused-ring (bicyclic) bond motifs is 2. The molecule has 2 aliphatic rings. The number of benzene rings is 2. The minimum absolute atomic E-state index is 0.0399. The smallest absolute Gasteiger partial charge is 0.264 e. The van der Waals surface area contributed by atoms with Crippen LogP contribution in [0.3, 0.4) is 0 Å². The van der Waals surface area contributed by atoms with Gasteiger partial charge in [0.05, 0.1) is 13.2 Å². The average Bonchev–Trinajstić information content (AvgIpc) is 3.39. The van der Waals surface area contributed by atoms with Crippen molar-refractivity contribution in [1.82, 2.24) is 10.0 Å². The van der Waals surface area contributed by atoms with Gasteiger partial charge in [0.15, 0.2) is 20.9 Å². The third kappa shape index (κ3) is 5.26. The number of pyridine rings is 1. The molecule has 0 aliphatic carbocycles. The molecule has 5 rings (SSSR count). The van der Waals surface area contributed by atoms with E-state index in [0.29, 0.717) is 31.6 Å². The first kappa shape index (κ1) is 26.6. The highest BCUT2D eigenvalue weighted by Gasteiger charge is 2.44. The van der Waals surface area contributed by atoms with Gasteiger partial charge in [-0.05, 0) is 78.1 Å². The Morgan fingerprint density at radius 2 is 1.87 bits per heavy atom. The van der Waals surface area contributed by atoms with Crippen LogP contribution < -0.4 is 11.0 Å². The summed E-state index contributed by atoms with van der Waals surface area (Å²) in [5, 5.41) is 1.30. The molecule has 2 unspecified atom stereocenters. The minimum atomic E-state index is -3.84. The molecule has 0 spiro atoms. The van der Waals surface area contributed by atoms with Crippen LogP contribution in [-0.2, 0) is 48.7 Å². The lowest BCUT2D eigenvalue weighted by Gasteiger charge is -2.28. The van der Waals surface area contributed by atoms with Crippen LogP contribution in [0.1, 0.15) is 43.7 Å². The summed E-state index contributed by atoms with van der Waals surface area (Å²) >= 11 is 0. The molecular weight excluding hydrogens is 508 g/mol. The van der Waals surface area contributed by atoms with Gasteiger partial charge in [-0.1, -0.05) is 18.2 Å². The standard InChI is InChI=1S/C28H32N2O7S/c1-28(38(2,33)34,27(32)29-37-25-5-3-4-14-36-25)11-13-30-12-10-21-15-20(8-9-24(21)26(30)31)19-6-7-22-17-35-18-23(22)16-19/h6-10,12,15-16,25H,3-5,11,13-14,17-18H2,1-2H3,(H,29,32). The zero-order valence-corrected chi connectivity index (χ0v) is 22.4. The SMILES string of the molecule is CC(CCn1ccc2cc(-c3ccc4c(c3)COC4)ccc2c1=O)(C(=O)NOC1CCCCO1)S(C)(=O)=O. The number of hydrogen-bond donors (Lipinski definition) is 1. The second kappa shape index (κ2) is 10.6. The van der Waals surface area contributed by atoms with Crippen molar-refractivity contribution < 1.29 is 27.5 Å². The van der Waals surface area contributed by atoms with Crippen molar-refractivity contribution in [3.05, 3.63) is 70.1 Å². The van der Waals surface area contributed by atoms with Gasteiger partial charge in [0, 0.05) is 37.4 Å². The molecule has 1 N–H and O–H groups in total. The Balaban J connectivity index is 1.33. The normalized spacial score (nSPS) is 19.2. The van der Waals surface area contributed by atoms with Crippen LogP contribution >= 0.6 is 0 Å². The van der Waals surface area contributed by atoms with Gasteiger partial charge in [-0.3, -0.25) is 9.59 Å². The van der Waals surface area contributed by atoms with Crippen LogP contribution in [0.4, 0.5) is 0 Å². The summed E-state index contributed by atoms with van der Waals surface area (Å²) in [7, 11) is -3.84. The number of amides is 1. The number of rotatable bonds is 8. The Labute approximate surface area is 221 Å². The fourth-order valence-electron chi connectivity index (χ4n) is 4.83. The Hall–Kier alpha value is -3.05. The van der Waals surface area contributed by atoms with Crippen molar-refractivity contribution in [3.8, 4) is 11.1 Å². The van der Waals surface area contributed by atoms with E-state index in [1.165, 1.54) is 22.6 Å². The van der Waals surface area contributed by atoms with E-state index in [2.05, 4.69) is 23.7 Å². The van der Waals surface area contributed by atoms with Crippen molar-refractivity contribution in [2.24, 2.45) is 0 Å². The molecule has 2 atom stereocenters. The van der Waals surface area contributed by atoms with Crippen molar-refractivity contribution in [1.29, 1.82) is 0 Å². The number of aromatic nitrogens is 1. The highest BCUT2D eigenvalue weighted by Crippen LogP contribution is 2.29. The molecule has 1 fully saturated rings. The molecule has 3 heterocycles. The summed E-state index contributed by atoms with van der Waals surface area (Å²) in [4.78, 5) is 31.5. The lowest BCUT2D eigenvalue weighted by Crippen LogP contribution is -2.51. The highest BCUT2D eigenvalue weighted by atomic mass is 32.2. The summed E-state index contributed by atoms with van der Waals surface area (Å²) in [5.41, 5.74) is 6.44. The molecule has 0 radical (unpaired) electrons. The molecular formula is C28H32N2O7S. The van der Waals surface area contributed by atoms with Crippen LogP contribution in [0, 0.1) is 0 Å². The molecule has 10 heteroatoms. The zero-order valence-electron chi connectivity index (χ0n) is 21.6. The van der Waals surface area contributed by atoms with Gasteiger partial charge in [0.1, 0.15) is 0 Å². The molecule has 0 bridgehead atoms. The molecule has 2 aliphatic heterocycles. The van der Waals surface area contributed by atoms with E-state index in [0.717, 1.165) is 35.6 Å². The van der Waals surface area contributed by atoms with E-state index in [9.17, 15) is 18.0 Å². The highest BCUT2D eigenvalue weighted by molar-refractivity contribution is 7.92. The third-order valence-electron chi connectivity index (χ3n) is 7.58. The Bertz CT molecular complexity index is 1530. The lowest BCUT2D eigenvalue weighted by molar-refractivity contribution is -0.201. The molecule has 1 amide bonds. The number of ether oxygens (including phenoxy) is 2. The first-order valence-corrected chi connectivity index (χ1v) is 14.7. The first-order valence-electron chi connectivity index (χ1n) is 12.8. The zero-order chi connectivity index (χ0) is 26.9. The number of carbonyl (C=O) groups excluding carboxylic acids is 1. The van der Waals surface area contributed by atoms with Gasteiger partial charge in [-0.25, -0.2) is 18.7 Å². The molecule has 1 saturated heterocycles. The predicted molar refractivity (Wildman–Crippen MR) is 143 cm³/mol. The number of nitrogens with zero attached hydrogens (tertiary/aromatic N) is 1. The number of hydroxylamine groups is 1. The van der Waals surface area contributed by atoms with E-state index in [4.69, 9.17) is 14.3 Å². The second-order valence-electron chi connectivity index (χ2n) is 10.2. The van der Waals surface area contributed by atoms with Crippen molar-refractivity contribution in [3.63, 3.8) is 0 Å². The number of carbonyl (C=O) groups is 1. The number of nitrogens with one attached hydrogen (secondary N) is 1. The van der Waals surface area contributed by atoms with Gasteiger partial charge in [-0.2, -0.15) is 0 Å². The van der Waals surface area contributed by atoms with E-state index in [-0.39, 0.29) is 18.5 Å². The summed E-state index contributed by atoms with van der Waals surface area (Å²) in [6, 6.07) is 13.7. The maximum Gasteiger partial charge on any atom is 0.264 e. The van der Waals surface area contributed by atoms with Crippen LogP contribution in [-0.4, -0.2) is 42.8 Å². The summed E-state index contributed by atoms with van der Waals surface area (Å²) in [5.74, 6) is -0.785. The summed E-state index contributed by atoms with van der Waals surface area (Å²) in [6.45, 7) is 3.15. The topological polar surface area (TPSA) is 113 Å². The van der Waals surface area contributed by atoms with E-state index in [1.807, 2.05) is 18.2 Å². The van der Waals surface area contributed by atoms with Gasteiger partial charge < -0.3 is 14.0 Å². The molecule has 2 aromatic carbocycles. The first-order chi connectivity index (χ1) is 18.2. The number of sulfone groups is 1.